The number of imidazole rings is 1. The molecule has 200 valence electrons. The van der Waals surface area contributed by atoms with E-state index in [4.69, 9.17) is 9.72 Å². The summed E-state index contributed by atoms with van der Waals surface area (Å²) in [7, 11) is 2.00. The molecule has 3 aromatic carbocycles. The van der Waals surface area contributed by atoms with Crippen molar-refractivity contribution in [2.45, 2.75) is 46.5 Å². The molecule has 6 heteroatoms. The summed E-state index contributed by atoms with van der Waals surface area (Å²) in [5, 5.41) is 0. The smallest absolute Gasteiger partial charge is 0.294 e. The number of hydrogen-bond donors (Lipinski definition) is 0. The molecule has 5 nitrogen and oxygen atoms in total. The largest absolute Gasteiger partial charge is 0.510 e. The van der Waals surface area contributed by atoms with Crippen LogP contribution in [0.2, 0.25) is 0 Å². The van der Waals surface area contributed by atoms with Gasteiger partial charge in [0.25, 0.3) is 6.01 Å². The van der Waals surface area contributed by atoms with Crippen LogP contribution in [0.1, 0.15) is 56.2 Å². The molecule has 38 heavy (non-hydrogen) atoms. The van der Waals surface area contributed by atoms with Gasteiger partial charge in [0.1, 0.15) is 0 Å². The summed E-state index contributed by atoms with van der Waals surface area (Å²) >= 11 is 0. The van der Waals surface area contributed by atoms with Gasteiger partial charge in [-0.25, -0.2) is 4.98 Å². The Morgan fingerprint density at radius 3 is 2.29 bits per heavy atom. The number of benzene rings is 3. The molecule has 0 bridgehead atoms. The summed E-state index contributed by atoms with van der Waals surface area (Å²) in [6, 6.07) is 25.6. The van der Waals surface area contributed by atoms with Gasteiger partial charge in [-0.2, -0.15) is 12.7 Å². The second kappa shape index (κ2) is 11.6. The van der Waals surface area contributed by atoms with Crippen LogP contribution in [-0.2, 0) is 21.1 Å². The minimum absolute atomic E-state index is 0. The van der Waals surface area contributed by atoms with E-state index in [0.717, 1.165) is 22.6 Å². The number of aryl methyl sites for hydroxylation is 1. The van der Waals surface area contributed by atoms with Crippen LogP contribution in [-0.4, -0.2) is 21.5 Å². The number of rotatable bonds is 7. The Hall–Kier alpha value is -3.30. The zero-order chi connectivity index (χ0) is 26.1. The second-order valence-corrected chi connectivity index (χ2v) is 10.1. The van der Waals surface area contributed by atoms with Crippen molar-refractivity contribution in [3.05, 3.63) is 109 Å². The molecule has 0 aliphatic carbocycles. The van der Waals surface area contributed by atoms with Crippen molar-refractivity contribution < 1.29 is 25.8 Å². The fourth-order valence-electron chi connectivity index (χ4n) is 4.61. The van der Waals surface area contributed by atoms with Crippen LogP contribution >= 0.6 is 0 Å². The van der Waals surface area contributed by atoms with E-state index in [1.165, 1.54) is 16.7 Å². The maximum absolute atomic E-state index is 6.50. The molecule has 0 saturated heterocycles. The molecular weight excluding hydrogens is 651 g/mol. The summed E-state index contributed by atoms with van der Waals surface area (Å²) in [6.07, 6.45) is 6.06. The van der Waals surface area contributed by atoms with Gasteiger partial charge < -0.3 is 14.5 Å². The number of ether oxygens (including phenoxy) is 1. The van der Waals surface area contributed by atoms with Crippen molar-refractivity contribution >= 4 is 5.69 Å². The first-order chi connectivity index (χ1) is 17.8. The molecule has 5 rings (SSSR count). The Morgan fingerprint density at radius 1 is 0.947 bits per heavy atom. The molecule has 0 spiro atoms. The van der Waals surface area contributed by atoms with Gasteiger partial charge in [-0.3, -0.25) is 4.57 Å². The monoisotopic (exact) mass is 684 g/mol. The SMILES string of the molecule is Cc1cc(C(C)C)c(-n2cc(-c3[c-]cccc3)nc2Oc2[c-]c(N3C=CN(C)[CH-]3)ccc2)c(C(C)C)c1.[Pt]. The fraction of sp³-hybridized carbons (Fsp3) is 0.250. The molecular formula is C32H33N4OPt-3. The molecule has 1 aliphatic heterocycles. The summed E-state index contributed by atoms with van der Waals surface area (Å²) < 4.78 is 8.60. The van der Waals surface area contributed by atoms with Crippen LogP contribution in [0.4, 0.5) is 5.69 Å². The second-order valence-electron chi connectivity index (χ2n) is 10.1. The maximum atomic E-state index is 6.50. The van der Waals surface area contributed by atoms with Crippen molar-refractivity contribution in [2.75, 3.05) is 11.9 Å². The van der Waals surface area contributed by atoms with Gasteiger partial charge in [0, 0.05) is 32.5 Å². The minimum Gasteiger partial charge on any atom is -0.510 e. The van der Waals surface area contributed by atoms with Gasteiger partial charge in [-0.15, -0.1) is 59.8 Å². The van der Waals surface area contributed by atoms with Crippen molar-refractivity contribution in [2.24, 2.45) is 0 Å². The van der Waals surface area contributed by atoms with E-state index in [1.807, 2.05) is 78.4 Å². The van der Waals surface area contributed by atoms with E-state index in [0.29, 0.717) is 23.6 Å². The minimum atomic E-state index is 0. The Kier molecular flexibility index (Phi) is 8.47. The van der Waals surface area contributed by atoms with E-state index >= 15 is 0 Å². The Morgan fingerprint density at radius 2 is 1.68 bits per heavy atom. The molecule has 0 radical (unpaired) electrons. The molecule has 0 N–H and O–H groups in total. The van der Waals surface area contributed by atoms with Gasteiger partial charge in [0.15, 0.2) is 0 Å². The van der Waals surface area contributed by atoms with Gasteiger partial charge >= 0.3 is 0 Å². The predicted molar refractivity (Wildman–Crippen MR) is 150 cm³/mol. The van der Waals surface area contributed by atoms with E-state index in [9.17, 15) is 0 Å². The number of hydrogen-bond acceptors (Lipinski definition) is 4. The molecule has 2 heterocycles. The van der Waals surface area contributed by atoms with Gasteiger partial charge in [0.05, 0.1) is 5.69 Å². The Balaban J connectivity index is 0.00000336. The molecule has 0 fully saturated rings. The van der Waals surface area contributed by atoms with Gasteiger partial charge in [-0.1, -0.05) is 45.4 Å². The first-order valence-electron chi connectivity index (χ1n) is 12.7. The number of nitrogens with zero attached hydrogens (tertiary/aromatic N) is 4. The molecule has 0 atom stereocenters. The van der Waals surface area contributed by atoms with Gasteiger partial charge in [0.2, 0.25) is 0 Å². The molecule has 0 unspecified atom stereocenters. The summed E-state index contributed by atoms with van der Waals surface area (Å²) in [6.45, 7) is 13.1. The predicted octanol–water partition coefficient (Wildman–Crippen LogP) is 7.83. The van der Waals surface area contributed by atoms with E-state index in [2.05, 4.69) is 69.6 Å². The van der Waals surface area contributed by atoms with Crippen LogP contribution in [0.15, 0.2) is 73.2 Å². The third-order valence-corrected chi connectivity index (χ3v) is 6.46. The molecule has 4 aromatic rings. The van der Waals surface area contributed by atoms with Gasteiger partial charge in [-0.05, 0) is 55.5 Å². The van der Waals surface area contributed by atoms with Crippen molar-refractivity contribution in [3.8, 4) is 28.7 Å². The molecule has 0 saturated carbocycles. The van der Waals surface area contributed by atoms with Crippen LogP contribution in [0.25, 0.3) is 16.9 Å². The quantitative estimate of drug-likeness (QED) is 0.186. The molecule has 0 amide bonds. The summed E-state index contributed by atoms with van der Waals surface area (Å²) in [5.74, 6) is 1.27. The van der Waals surface area contributed by atoms with Crippen molar-refractivity contribution in [3.63, 3.8) is 0 Å². The average molecular weight is 685 g/mol. The van der Waals surface area contributed by atoms with E-state index < -0.39 is 0 Å². The fourth-order valence-corrected chi connectivity index (χ4v) is 4.61. The zero-order valence-electron chi connectivity index (χ0n) is 22.7. The van der Waals surface area contributed by atoms with Crippen LogP contribution in [0.3, 0.4) is 0 Å². The first kappa shape index (κ1) is 27.7. The van der Waals surface area contributed by atoms with Crippen molar-refractivity contribution in [1.29, 1.82) is 0 Å². The average Bonchev–Trinajstić information content (AvgIpc) is 3.50. The third-order valence-electron chi connectivity index (χ3n) is 6.46. The maximum Gasteiger partial charge on any atom is 0.294 e. The first-order valence-corrected chi connectivity index (χ1v) is 12.7. The number of aromatic nitrogens is 2. The van der Waals surface area contributed by atoms with Crippen LogP contribution < -0.4 is 9.64 Å². The zero-order valence-corrected chi connectivity index (χ0v) is 24.9. The summed E-state index contributed by atoms with van der Waals surface area (Å²) in [4.78, 5) is 8.97. The van der Waals surface area contributed by atoms with E-state index in [1.54, 1.807) is 0 Å². The molecule has 1 aliphatic rings. The topological polar surface area (TPSA) is 33.5 Å². The van der Waals surface area contributed by atoms with Crippen LogP contribution in [0.5, 0.6) is 11.8 Å². The Bertz CT molecular complexity index is 1400. The third kappa shape index (κ3) is 5.73. The molecule has 1 aromatic heterocycles. The summed E-state index contributed by atoms with van der Waals surface area (Å²) in [5.41, 5.74) is 7.57. The van der Waals surface area contributed by atoms with Crippen LogP contribution in [0, 0.1) is 25.7 Å². The number of anilines is 1. The normalized spacial score (nSPS) is 12.9. The van der Waals surface area contributed by atoms with Crippen molar-refractivity contribution in [1.82, 2.24) is 14.5 Å². The Labute approximate surface area is 241 Å². The van der Waals surface area contributed by atoms with E-state index in [-0.39, 0.29) is 21.1 Å². The standard InChI is InChI=1S/C32H33N4O.Pt/c1-22(2)28-17-24(5)18-29(23(3)4)31(28)36-20-30(25-11-8-7-9-12-25)33-32(36)37-27-14-10-13-26(19-27)35-16-15-34(6)21-35;/h7-11,13-18,20-23H,1-6H3;/q-3;.